The molecule has 27 heavy (non-hydrogen) atoms. The van der Waals surface area contributed by atoms with Gasteiger partial charge in [0.2, 0.25) is 0 Å². The molecule has 0 aliphatic carbocycles. The molecule has 1 atom stereocenters. The zero-order chi connectivity index (χ0) is 18.6. The molecule has 1 aliphatic heterocycles. The van der Waals surface area contributed by atoms with E-state index in [0.717, 1.165) is 24.1 Å². The molecule has 0 radical (unpaired) electrons. The monoisotopic (exact) mass is 360 g/mol. The molecule has 1 aliphatic rings. The summed E-state index contributed by atoms with van der Waals surface area (Å²) in [5, 5.41) is 10.6. The van der Waals surface area contributed by atoms with Crippen molar-refractivity contribution in [3.8, 4) is 5.69 Å². The topological polar surface area (TPSA) is 45.5 Å². The lowest BCUT2D eigenvalue weighted by Gasteiger charge is -2.34. The number of amides is 1. The summed E-state index contributed by atoms with van der Waals surface area (Å²) in [5.41, 5.74) is 2.72. The first-order chi connectivity index (χ1) is 13.2. The molecule has 1 aromatic heterocycles. The predicted molar refractivity (Wildman–Crippen MR) is 106 cm³/mol. The van der Waals surface area contributed by atoms with Gasteiger partial charge in [0, 0.05) is 36.7 Å². The van der Waals surface area contributed by atoms with E-state index in [1.807, 2.05) is 88.6 Å². The van der Waals surface area contributed by atoms with E-state index in [0.29, 0.717) is 18.7 Å². The zero-order valence-electron chi connectivity index (χ0n) is 15.2. The van der Waals surface area contributed by atoms with Gasteiger partial charge < -0.3 is 14.6 Å². The zero-order valence-corrected chi connectivity index (χ0v) is 15.2. The summed E-state index contributed by atoms with van der Waals surface area (Å²) in [4.78, 5) is 14.7. The number of benzene rings is 2. The lowest BCUT2D eigenvalue weighted by molar-refractivity contribution is 0.0462. The van der Waals surface area contributed by atoms with E-state index in [1.165, 1.54) is 0 Å². The lowest BCUT2D eigenvalue weighted by Crippen LogP contribution is -2.39. The largest absolute Gasteiger partial charge is 0.388 e. The molecule has 4 rings (SSSR count). The molecule has 1 saturated heterocycles. The minimum absolute atomic E-state index is 0.0710. The summed E-state index contributed by atoms with van der Waals surface area (Å²) in [6.07, 6.45) is 5.16. The van der Waals surface area contributed by atoms with E-state index in [2.05, 4.69) is 0 Å². The summed E-state index contributed by atoms with van der Waals surface area (Å²) < 4.78 is 2.02. The van der Waals surface area contributed by atoms with Crippen LogP contribution in [0.4, 0.5) is 0 Å². The molecule has 0 unspecified atom stereocenters. The maximum atomic E-state index is 12.8. The van der Waals surface area contributed by atoms with Gasteiger partial charge in [0.05, 0.1) is 6.10 Å². The maximum Gasteiger partial charge on any atom is 0.253 e. The highest BCUT2D eigenvalue weighted by molar-refractivity contribution is 5.94. The average Bonchev–Trinajstić information content (AvgIpc) is 3.28. The second-order valence-corrected chi connectivity index (χ2v) is 7.12. The molecule has 1 fully saturated rings. The highest BCUT2D eigenvalue weighted by atomic mass is 16.3. The second-order valence-electron chi connectivity index (χ2n) is 7.12. The first-order valence-corrected chi connectivity index (χ1v) is 9.48. The van der Waals surface area contributed by atoms with Crippen LogP contribution in [0.25, 0.3) is 5.69 Å². The van der Waals surface area contributed by atoms with Gasteiger partial charge in [-0.25, -0.2) is 0 Å². The molecule has 4 heteroatoms. The van der Waals surface area contributed by atoms with Crippen LogP contribution in [-0.4, -0.2) is 33.6 Å². The number of aliphatic hydroxyl groups excluding tert-OH is 1. The lowest BCUT2D eigenvalue weighted by atomic mass is 9.87. The number of piperidine rings is 1. The summed E-state index contributed by atoms with van der Waals surface area (Å²) in [6.45, 7) is 1.37. The molecular formula is C23H24N2O2. The first-order valence-electron chi connectivity index (χ1n) is 9.48. The Kier molecular flexibility index (Phi) is 5.07. The van der Waals surface area contributed by atoms with Crippen molar-refractivity contribution in [3.05, 3.63) is 90.3 Å². The highest BCUT2D eigenvalue weighted by Crippen LogP contribution is 2.31. The third-order valence-electron chi connectivity index (χ3n) is 5.43. The van der Waals surface area contributed by atoms with Crippen molar-refractivity contribution < 1.29 is 9.90 Å². The number of carbonyl (C=O) groups excluding carboxylic acids is 1. The van der Waals surface area contributed by atoms with E-state index in [-0.39, 0.29) is 11.8 Å². The van der Waals surface area contributed by atoms with Crippen molar-refractivity contribution in [3.63, 3.8) is 0 Å². The van der Waals surface area contributed by atoms with Crippen LogP contribution in [0.1, 0.15) is 34.9 Å². The molecular weight excluding hydrogens is 336 g/mol. The molecule has 0 saturated carbocycles. The molecule has 3 aromatic rings. The van der Waals surface area contributed by atoms with Crippen molar-refractivity contribution in [1.82, 2.24) is 9.47 Å². The molecule has 2 heterocycles. The third kappa shape index (κ3) is 3.81. The Labute approximate surface area is 159 Å². The molecule has 0 spiro atoms. The van der Waals surface area contributed by atoms with Crippen LogP contribution in [0.2, 0.25) is 0 Å². The fraction of sp³-hybridized carbons (Fsp3) is 0.261. The Hall–Kier alpha value is -2.85. The fourth-order valence-corrected chi connectivity index (χ4v) is 3.81. The van der Waals surface area contributed by atoms with Crippen molar-refractivity contribution in [2.75, 3.05) is 13.1 Å². The Morgan fingerprint density at radius 2 is 1.52 bits per heavy atom. The van der Waals surface area contributed by atoms with Gasteiger partial charge in [0.25, 0.3) is 5.91 Å². The van der Waals surface area contributed by atoms with E-state index in [4.69, 9.17) is 0 Å². The van der Waals surface area contributed by atoms with Crippen LogP contribution in [0.15, 0.2) is 79.1 Å². The van der Waals surface area contributed by atoms with Gasteiger partial charge in [-0.15, -0.1) is 0 Å². The van der Waals surface area contributed by atoms with Crippen LogP contribution in [-0.2, 0) is 0 Å². The summed E-state index contributed by atoms with van der Waals surface area (Å²) in [5.74, 6) is 0.272. The van der Waals surface area contributed by atoms with Crippen molar-refractivity contribution >= 4 is 5.91 Å². The quantitative estimate of drug-likeness (QED) is 0.762. The predicted octanol–water partition coefficient (Wildman–Crippen LogP) is 4.06. The summed E-state index contributed by atoms with van der Waals surface area (Å²) >= 11 is 0. The third-order valence-corrected chi connectivity index (χ3v) is 5.43. The fourth-order valence-electron chi connectivity index (χ4n) is 3.81. The van der Waals surface area contributed by atoms with E-state index >= 15 is 0 Å². The molecule has 1 N–H and O–H groups in total. The average molecular weight is 360 g/mol. The van der Waals surface area contributed by atoms with Crippen LogP contribution < -0.4 is 0 Å². The first kappa shape index (κ1) is 17.6. The van der Waals surface area contributed by atoms with Gasteiger partial charge >= 0.3 is 0 Å². The van der Waals surface area contributed by atoms with Crippen LogP contribution in [0.5, 0.6) is 0 Å². The van der Waals surface area contributed by atoms with Crippen LogP contribution in [0, 0.1) is 5.92 Å². The number of rotatable bonds is 4. The Morgan fingerprint density at radius 3 is 2.15 bits per heavy atom. The normalized spacial score (nSPS) is 16.3. The highest BCUT2D eigenvalue weighted by Gasteiger charge is 2.28. The standard InChI is InChI=1S/C23H24N2O2/c26-22(18-6-2-1-3-7-18)19-12-16-25(17-13-19)23(27)20-8-10-21(11-9-20)24-14-4-5-15-24/h1-11,14-15,19,22,26H,12-13,16-17H2/t22-/m0/s1. The Balaban J connectivity index is 1.37. The van der Waals surface area contributed by atoms with Gasteiger partial charge in [-0.3, -0.25) is 4.79 Å². The van der Waals surface area contributed by atoms with Gasteiger partial charge in [-0.1, -0.05) is 30.3 Å². The van der Waals surface area contributed by atoms with Crippen LogP contribution >= 0.6 is 0 Å². The van der Waals surface area contributed by atoms with Gasteiger partial charge in [-0.2, -0.15) is 0 Å². The van der Waals surface area contributed by atoms with Crippen molar-refractivity contribution in [1.29, 1.82) is 0 Å². The van der Waals surface area contributed by atoms with E-state index in [1.54, 1.807) is 0 Å². The Morgan fingerprint density at radius 1 is 0.889 bits per heavy atom. The van der Waals surface area contributed by atoms with E-state index < -0.39 is 6.10 Å². The molecule has 138 valence electrons. The smallest absolute Gasteiger partial charge is 0.253 e. The molecule has 4 nitrogen and oxygen atoms in total. The minimum Gasteiger partial charge on any atom is -0.388 e. The Bertz CT molecular complexity index is 865. The van der Waals surface area contributed by atoms with Gasteiger partial charge in [0.15, 0.2) is 0 Å². The number of aromatic nitrogens is 1. The van der Waals surface area contributed by atoms with Gasteiger partial charge in [-0.05, 0) is 60.7 Å². The molecule has 1 amide bonds. The molecule has 0 bridgehead atoms. The van der Waals surface area contributed by atoms with Crippen LogP contribution in [0.3, 0.4) is 0 Å². The number of hydrogen-bond donors (Lipinski definition) is 1. The van der Waals surface area contributed by atoms with Crippen molar-refractivity contribution in [2.24, 2.45) is 5.92 Å². The number of hydrogen-bond acceptors (Lipinski definition) is 2. The number of likely N-dealkylation sites (tertiary alicyclic amines) is 1. The molecule has 2 aromatic carbocycles. The summed E-state index contributed by atoms with van der Waals surface area (Å²) in [6, 6.07) is 21.5. The van der Waals surface area contributed by atoms with Crippen molar-refractivity contribution in [2.45, 2.75) is 18.9 Å². The summed E-state index contributed by atoms with van der Waals surface area (Å²) in [7, 11) is 0. The second kappa shape index (κ2) is 7.80. The SMILES string of the molecule is O=C(c1ccc(-n2cccc2)cc1)N1CCC([C@@H](O)c2ccccc2)CC1. The van der Waals surface area contributed by atoms with Gasteiger partial charge in [0.1, 0.15) is 0 Å². The number of nitrogens with zero attached hydrogens (tertiary/aromatic N) is 2. The van der Waals surface area contributed by atoms with E-state index in [9.17, 15) is 9.90 Å². The number of aliphatic hydroxyl groups is 1. The number of carbonyl (C=O) groups is 1. The minimum atomic E-state index is -0.454. The maximum absolute atomic E-state index is 12.8.